The van der Waals surface area contributed by atoms with Crippen molar-refractivity contribution < 1.29 is 23.8 Å². The van der Waals surface area contributed by atoms with Crippen LogP contribution in [-0.2, 0) is 20.9 Å². The summed E-state index contributed by atoms with van der Waals surface area (Å²) in [5, 5.41) is 0. The lowest BCUT2D eigenvalue weighted by molar-refractivity contribution is -0.142. The summed E-state index contributed by atoms with van der Waals surface area (Å²) in [5.74, 6) is 0.100. The lowest BCUT2D eigenvalue weighted by Gasteiger charge is -2.41. The van der Waals surface area contributed by atoms with Gasteiger partial charge < -0.3 is 23.7 Å². The largest absolute Gasteiger partial charge is 0.487 e. The van der Waals surface area contributed by atoms with E-state index in [0.29, 0.717) is 18.7 Å². The molecule has 0 aliphatic carbocycles. The predicted octanol–water partition coefficient (Wildman–Crippen LogP) is 3.59. The normalized spacial score (nSPS) is 13.4. The van der Waals surface area contributed by atoms with Gasteiger partial charge in [-0.05, 0) is 42.0 Å². The van der Waals surface area contributed by atoms with Gasteiger partial charge in [0.2, 0.25) is 0 Å². The fraction of sp³-hybridized carbons (Fsp3) is 0.250. The average molecular weight is 420 g/mol. The van der Waals surface area contributed by atoms with Crippen molar-refractivity contribution in [3.8, 4) is 11.4 Å². The molecule has 0 amide bonds. The summed E-state index contributed by atoms with van der Waals surface area (Å²) in [6.45, 7) is 3.05. The third kappa shape index (κ3) is 4.55. The molecular formula is C24H24N2O5. The Morgan fingerprint density at radius 1 is 1.00 bits per heavy atom. The van der Waals surface area contributed by atoms with Gasteiger partial charge in [-0.15, -0.1) is 0 Å². The molecule has 2 heterocycles. The minimum atomic E-state index is -0.368. The van der Waals surface area contributed by atoms with Gasteiger partial charge in [0.15, 0.2) is 0 Å². The number of nitrogens with zero attached hydrogens (tertiary/aromatic N) is 2. The number of anilines is 1. The summed E-state index contributed by atoms with van der Waals surface area (Å²) in [5.41, 5.74) is 3.18. The Morgan fingerprint density at radius 3 is 2.35 bits per heavy atom. The topological polar surface area (TPSA) is 70.0 Å². The van der Waals surface area contributed by atoms with Crippen LogP contribution in [0.15, 0.2) is 67.0 Å². The second-order valence-corrected chi connectivity index (χ2v) is 7.32. The first-order chi connectivity index (χ1) is 15.0. The molecule has 0 atom stereocenters. The quantitative estimate of drug-likeness (QED) is 0.544. The van der Waals surface area contributed by atoms with E-state index in [1.54, 1.807) is 6.07 Å². The van der Waals surface area contributed by atoms with E-state index in [-0.39, 0.29) is 24.6 Å². The Bertz CT molecular complexity index is 1050. The van der Waals surface area contributed by atoms with Crippen LogP contribution >= 0.6 is 0 Å². The molecule has 1 saturated heterocycles. The molecule has 0 spiro atoms. The zero-order valence-corrected chi connectivity index (χ0v) is 17.5. The first-order valence-corrected chi connectivity index (χ1v) is 10.0. The third-order valence-corrected chi connectivity index (χ3v) is 5.14. The SMILES string of the molecule is COC(=O)c1cccc(N2CC(Oc3ccc(COC(C)=O)cc3)C2)c1-n1cccc1. The molecule has 1 aliphatic heterocycles. The molecule has 1 aromatic heterocycles. The molecule has 3 aromatic rings. The summed E-state index contributed by atoms with van der Waals surface area (Å²) >= 11 is 0. The number of rotatable bonds is 7. The van der Waals surface area contributed by atoms with Crippen LogP contribution in [0.4, 0.5) is 5.69 Å². The Balaban J connectivity index is 1.44. The molecule has 0 N–H and O–H groups in total. The van der Waals surface area contributed by atoms with E-state index in [4.69, 9.17) is 14.2 Å². The van der Waals surface area contributed by atoms with E-state index < -0.39 is 0 Å². The number of benzene rings is 2. The molecule has 160 valence electrons. The fourth-order valence-electron chi connectivity index (χ4n) is 3.57. The molecule has 7 heteroatoms. The van der Waals surface area contributed by atoms with Crippen LogP contribution in [0.2, 0.25) is 0 Å². The lowest BCUT2D eigenvalue weighted by atomic mass is 10.1. The van der Waals surface area contributed by atoms with Crippen molar-refractivity contribution in [2.24, 2.45) is 0 Å². The van der Waals surface area contributed by atoms with E-state index >= 15 is 0 Å². The molecule has 0 bridgehead atoms. The molecule has 1 fully saturated rings. The Kier molecular flexibility index (Phi) is 5.93. The smallest absolute Gasteiger partial charge is 0.340 e. The first-order valence-electron chi connectivity index (χ1n) is 10.0. The standard InChI is InChI=1S/C24H24N2O5/c1-17(27)30-16-18-8-10-19(11-9-18)31-20-14-26(15-20)22-7-5-6-21(24(28)29-2)23(22)25-12-3-4-13-25/h3-13,20H,14-16H2,1-2H3. The van der Waals surface area contributed by atoms with Crippen molar-refractivity contribution in [1.29, 1.82) is 0 Å². The third-order valence-electron chi connectivity index (χ3n) is 5.14. The maximum atomic E-state index is 12.3. The molecule has 0 radical (unpaired) electrons. The molecule has 31 heavy (non-hydrogen) atoms. The van der Waals surface area contributed by atoms with Crippen molar-refractivity contribution in [2.75, 3.05) is 25.1 Å². The van der Waals surface area contributed by atoms with Crippen LogP contribution in [-0.4, -0.2) is 42.8 Å². The number of carbonyl (C=O) groups excluding carboxylic acids is 2. The van der Waals surface area contributed by atoms with Crippen LogP contribution < -0.4 is 9.64 Å². The Labute approximate surface area is 180 Å². The second kappa shape index (κ2) is 8.95. The van der Waals surface area contributed by atoms with Crippen molar-refractivity contribution in [3.63, 3.8) is 0 Å². The minimum absolute atomic E-state index is 0.0404. The molecule has 0 unspecified atom stereocenters. The van der Waals surface area contributed by atoms with Crippen molar-refractivity contribution >= 4 is 17.6 Å². The van der Waals surface area contributed by atoms with Gasteiger partial charge in [-0.1, -0.05) is 18.2 Å². The van der Waals surface area contributed by atoms with Crippen molar-refractivity contribution in [1.82, 2.24) is 4.57 Å². The highest BCUT2D eigenvalue weighted by Crippen LogP contribution is 2.33. The van der Waals surface area contributed by atoms with E-state index in [1.165, 1.54) is 14.0 Å². The van der Waals surface area contributed by atoms with E-state index in [2.05, 4.69) is 4.90 Å². The van der Waals surface area contributed by atoms with Gasteiger partial charge in [-0.2, -0.15) is 0 Å². The minimum Gasteiger partial charge on any atom is -0.487 e. The second-order valence-electron chi connectivity index (χ2n) is 7.32. The van der Waals surface area contributed by atoms with Crippen LogP contribution in [0.1, 0.15) is 22.8 Å². The highest BCUT2D eigenvalue weighted by molar-refractivity contribution is 5.96. The van der Waals surface area contributed by atoms with Crippen molar-refractivity contribution in [2.45, 2.75) is 19.6 Å². The van der Waals surface area contributed by atoms with Gasteiger partial charge in [0, 0.05) is 19.3 Å². The van der Waals surface area contributed by atoms with Gasteiger partial charge in [0.05, 0.1) is 37.1 Å². The Hall–Kier alpha value is -3.74. The fourth-order valence-corrected chi connectivity index (χ4v) is 3.57. The van der Waals surface area contributed by atoms with E-state index in [1.807, 2.05) is 65.5 Å². The predicted molar refractivity (Wildman–Crippen MR) is 116 cm³/mol. The van der Waals surface area contributed by atoms with Crippen LogP contribution in [0.5, 0.6) is 5.75 Å². The van der Waals surface area contributed by atoms with Gasteiger partial charge in [0.25, 0.3) is 0 Å². The number of carbonyl (C=O) groups is 2. The van der Waals surface area contributed by atoms with Gasteiger partial charge in [0.1, 0.15) is 18.5 Å². The molecule has 2 aromatic carbocycles. The van der Waals surface area contributed by atoms with Crippen LogP contribution in [0, 0.1) is 0 Å². The van der Waals surface area contributed by atoms with Crippen LogP contribution in [0.25, 0.3) is 5.69 Å². The zero-order chi connectivity index (χ0) is 21.8. The lowest BCUT2D eigenvalue weighted by Crippen LogP contribution is -2.54. The number of hydrogen-bond acceptors (Lipinski definition) is 6. The highest BCUT2D eigenvalue weighted by Gasteiger charge is 2.32. The maximum Gasteiger partial charge on any atom is 0.340 e. The summed E-state index contributed by atoms with van der Waals surface area (Å²) < 4.78 is 18.0. The number of para-hydroxylation sites is 1. The molecule has 1 aliphatic rings. The van der Waals surface area contributed by atoms with E-state index in [0.717, 1.165) is 22.7 Å². The highest BCUT2D eigenvalue weighted by atomic mass is 16.5. The average Bonchev–Trinajstić information content (AvgIpc) is 3.28. The van der Waals surface area contributed by atoms with Crippen LogP contribution in [0.3, 0.4) is 0 Å². The van der Waals surface area contributed by atoms with Crippen molar-refractivity contribution in [3.05, 3.63) is 78.1 Å². The monoisotopic (exact) mass is 420 g/mol. The molecule has 7 nitrogen and oxygen atoms in total. The van der Waals surface area contributed by atoms with E-state index in [9.17, 15) is 9.59 Å². The summed E-state index contributed by atoms with van der Waals surface area (Å²) in [7, 11) is 1.39. The summed E-state index contributed by atoms with van der Waals surface area (Å²) in [4.78, 5) is 25.4. The van der Waals surface area contributed by atoms with Gasteiger partial charge in [-0.25, -0.2) is 4.79 Å². The molecular weight excluding hydrogens is 396 g/mol. The molecule has 4 rings (SSSR count). The van der Waals surface area contributed by atoms with Gasteiger partial charge >= 0.3 is 11.9 Å². The number of hydrogen-bond donors (Lipinski definition) is 0. The molecule has 0 saturated carbocycles. The number of aromatic nitrogens is 1. The summed E-state index contributed by atoms with van der Waals surface area (Å²) in [6, 6.07) is 17.0. The first kappa shape index (κ1) is 20.5. The summed E-state index contributed by atoms with van der Waals surface area (Å²) in [6.07, 6.45) is 3.87. The number of esters is 2. The maximum absolute atomic E-state index is 12.3. The number of methoxy groups -OCH3 is 1. The number of ether oxygens (including phenoxy) is 3. The Morgan fingerprint density at radius 2 is 1.71 bits per heavy atom. The zero-order valence-electron chi connectivity index (χ0n) is 17.5. The van der Waals surface area contributed by atoms with Gasteiger partial charge in [-0.3, -0.25) is 4.79 Å².